The average Bonchev–Trinajstić information content (AvgIpc) is 2.15. The molecule has 0 radical (unpaired) electrons. The van der Waals surface area contributed by atoms with Crippen molar-refractivity contribution >= 4 is 34.8 Å². The Morgan fingerprint density at radius 1 is 1.29 bits per heavy atom. The summed E-state index contributed by atoms with van der Waals surface area (Å²) in [5.74, 6) is 0.412. The van der Waals surface area contributed by atoms with E-state index >= 15 is 0 Å². The summed E-state index contributed by atoms with van der Waals surface area (Å²) in [7, 11) is 0. The lowest BCUT2D eigenvalue weighted by molar-refractivity contribution is 0.542. The van der Waals surface area contributed by atoms with E-state index in [9.17, 15) is 0 Å². The van der Waals surface area contributed by atoms with Crippen LogP contribution < -0.4 is 0 Å². The van der Waals surface area contributed by atoms with Crippen LogP contribution in [0.15, 0.2) is 18.2 Å². The Balaban J connectivity index is 2.95. The first-order valence-corrected chi connectivity index (χ1v) is 5.84. The standard InChI is InChI=1S/C11H13Cl3/c1-3-7(2)11(14)9-5-4-8(12)6-10(9)13/h4-7,11H,3H2,1-2H3. The third-order valence-corrected chi connectivity index (χ3v) is 3.63. The molecule has 0 spiro atoms. The third kappa shape index (κ3) is 2.79. The van der Waals surface area contributed by atoms with Crippen LogP contribution in [0.3, 0.4) is 0 Å². The highest BCUT2D eigenvalue weighted by molar-refractivity contribution is 6.35. The number of benzene rings is 1. The SMILES string of the molecule is CCC(C)C(Cl)c1ccc(Cl)cc1Cl. The molecule has 2 atom stereocenters. The highest BCUT2D eigenvalue weighted by Crippen LogP contribution is 2.36. The first-order chi connectivity index (χ1) is 6.56. The van der Waals surface area contributed by atoms with Crippen molar-refractivity contribution in [2.75, 3.05) is 0 Å². The molecule has 0 fully saturated rings. The largest absolute Gasteiger partial charge is 0.117 e. The van der Waals surface area contributed by atoms with E-state index in [2.05, 4.69) is 13.8 Å². The van der Waals surface area contributed by atoms with Gasteiger partial charge in [0.1, 0.15) is 0 Å². The molecular formula is C11H13Cl3. The molecule has 1 rings (SSSR count). The zero-order valence-electron chi connectivity index (χ0n) is 8.23. The summed E-state index contributed by atoms with van der Waals surface area (Å²) in [6.07, 6.45) is 1.03. The minimum atomic E-state index is -0.0373. The highest BCUT2D eigenvalue weighted by atomic mass is 35.5. The third-order valence-electron chi connectivity index (χ3n) is 2.40. The van der Waals surface area contributed by atoms with Crippen LogP contribution in [0.4, 0.5) is 0 Å². The van der Waals surface area contributed by atoms with Gasteiger partial charge in [-0.25, -0.2) is 0 Å². The van der Waals surface area contributed by atoms with E-state index < -0.39 is 0 Å². The fourth-order valence-electron chi connectivity index (χ4n) is 1.24. The van der Waals surface area contributed by atoms with E-state index in [1.54, 1.807) is 6.07 Å². The maximum Gasteiger partial charge on any atom is 0.0625 e. The second kappa shape index (κ2) is 5.25. The maximum atomic E-state index is 6.29. The van der Waals surface area contributed by atoms with Gasteiger partial charge in [-0.15, -0.1) is 11.6 Å². The van der Waals surface area contributed by atoms with Crippen LogP contribution in [0.5, 0.6) is 0 Å². The Morgan fingerprint density at radius 2 is 1.93 bits per heavy atom. The van der Waals surface area contributed by atoms with Crippen LogP contribution in [0.25, 0.3) is 0 Å². The van der Waals surface area contributed by atoms with Crippen LogP contribution in [0, 0.1) is 5.92 Å². The van der Waals surface area contributed by atoms with Crippen molar-refractivity contribution in [2.45, 2.75) is 25.6 Å². The van der Waals surface area contributed by atoms with Crippen molar-refractivity contribution < 1.29 is 0 Å². The van der Waals surface area contributed by atoms with Gasteiger partial charge in [0, 0.05) is 10.0 Å². The van der Waals surface area contributed by atoms with Crippen molar-refractivity contribution in [2.24, 2.45) is 5.92 Å². The molecule has 0 amide bonds. The predicted octanol–water partition coefficient (Wildman–Crippen LogP) is 5.32. The molecule has 0 saturated carbocycles. The summed E-state index contributed by atoms with van der Waals surface area (Å²) >= 11 is 18.2. The summed E-state index contributed by atoms with van der Waals surface area (Å²) < 4.78 is 0. The van der Waals surface area contributed by atoms with Crippen molar-refractivity contribution in [3.8, 4) is 0 Å². The van der Waals surface area contributed by atoms with Crippen LogP contribution in [0.2, 0.25) is 10.0 Å². The summed E-state index contributed by atoms with van der Waals surface area (Å²) in [6, 6.07) is 5.45. The lowest BCUT2D eigenvalue weighted by Gasteiger charge is -2.17. The summed E-state index contributed by atoms with van der Waals surface area (Å²) in [5.41, 5.74) is 0.965. The summed E-state index contributed by atoms with van der Waals surface area (Å²) in [5, 5.41) is 1.26. The van der Waals surface area contributed by atoms with Crippen LogP contribution in [-0.4, -0.2) is 0 Å². The lowest BCUT2D eigenvalue weighted by Crippen LogP contribution is -2.03. The summed E-state index contributed by atoms with van der Waals surface area (Å²) in [6.45, 7) is 4.23. The van der Waals surface area contributed by atoms with Crippen molar-refractivity contribution in [1.29, 1.82) is 0 Å². The van der Waals surface area contributed by atoms with E-state index in [0.29, 0.717) is 16.0 Å². The minimum absolute atomic E-state index is 0.0373. The van der Waals surface area contributed by atoms with Gasteiger partial charge in [0.25, 0.3) is 0 Å². The topological polar surface area (TPSA) is 0 Å². The van der Waals surface area contributed by atoms with Gasteiger partial charge in [0.15, 0.2) is 0 Å². The molecule has 0 nitrogen and oxygen atoms in total. The number of alkyl halides is 1. The number of hydrogen-bond acceptors (Lipinski definition) is 0. The molecule has 3 heteroatoms. The Morgan fingerprint density at radius 3 is 2.43 bits per heavy atom. The van der Waals surface area contributed by atoms with E-state index in [1.165, 1.54) is 0 Å². The van der Waals surface area contributed by atoms with Gasteiger partial charge in [-0.2, -0.15) is 0 Å². The van der Waals surface area contributed by atoms with Crippen LogP contribution in [-0.2, 0) is 0 Å². The summed E-state index contributed by atoms with van der Waals surface area (Å²) in [4.78, 5) is 0. The molecule has 1 aromatic carbocycles. The quantitative estimate of drug-likeness (QED) is 0.638. The second-order valence-corrected chi connectivity index (χ2v) is 4.77. The van der Waals surface area contributed by atoms with Gasteiger partial charge < -0.3 is 0 Å². The van der Waals surface area contributed by atoms with E-state index in [4.69, 9.17) is 34.8 Å². The molecule has 0 aromatic heterocycles. The Bertz CT molecular complexity index is 309. The van der Waals surface area contributed by atoms with E-state index in [-0.39, 0.29) is 5.38 Å². The Labute approximate surface area is 100 Å². The molecule has 0 bridgehead atoms. The van der Waals surface area contributed by atoms with Gasteiger partial charge in [0.05, 0.1) is 5.38 Å². The Hall–Kier alpha value is 0.0900. The molecule has 78 valence electrons. The average molecular weight is 252 g/mol. The molecule has 1 aromatic rings. The molecule has 0 N–H and O–H groups in total. The van der Waals surface area contributed by atoms with Gasteiger partial charge in [-0.05, 0) is 23.6 Å². The highest BCUT2D eigenvalue weighted by Gasteiger charge is 2.17. The molecule has 0 aliphatic carbocycles. The van der Waals surface area contributed by atoms with Crippen molar-refractivity contribution in [3.05, 3.63) is 33.8 Å². The fraction of sp³-hybridized carbons (Fsp3) is 0.455. The molecule has 0 saturated heterocycles. The predicted molar refractivity (Wildman–Crippen MR) is 64.5 cm³/mol. The number of hydrogen-bond donors (Lipinski definition) is 0. The minimum Gasteiger partial charge on any atom is -0.117 e. The fourth-order valence-corrected chi connectivity index (χ4v) is 2.19. The van der Waals surface area contributed by atoms with Gasteiger partial charge >= 0.3 is 0 Å². The van der Waals surface area contributed by atoms with Crippen LogP contribution >= 0.6 is 34.8 Å². The lowest BCUT2D eigenvalue weighted by atomic mass is 9.98. The van der Waals surface area contributed by atoms with Crippen LogP contribution in [0.1, 0.15) is 31.2 Å². The van der Waals surface area contributed by atoms with Gasteiger partial charge in [0.2, 0.25) is 0 Å². The normalized spacial score (nSPS) is 15.2. The Kier molecular flexibility index (Phi) is 4.56. The molecule has 0 heterocycles. The van der Waals surface area contributed by atoms with Crippen molar-refractivity contribution in [3.63, 3.8) is 0 Å². The molecule has 2 unspecified atom stereocenters. The number of rotatable bonds is 3. The maximum absolute atomic E-state index is 6.29. The molecular weight excluding hydrogens is 238 g/mol. The van der Waals surface area contributed by atoms with Crippen molar-refractivity contribution in [1.82, 2.24) is 0 Å². The zero-order chi connectivity index (χ0) is 10.7. The molecule has 14 heavy (non-hydrogen) atoms. The second-order valence-electron chi connectivity index (χ2n) is 3.45. The smallest absolute Gasteiger partial charge is 0.0625 e. The first kappa shape index (κ1) is 12.2. The van der Waals surface area contributed by atoms with Gasteiger partial charge in [-0.1, -0.05) is 49.5 Å². The molecule has 0 aliphatic heterocycles. The van der Waals surface area contributed by atoms with Gasteiger partial charge in [-0.3, -0.25) is 0 Å². The first-order valence-electron chi connectivity index (χ1n) is 4.65. The molecule has 0 aliphatic rings. The van der Waals surface area contributed by atoms with E-state index in [0.717, 1.165) is 12.0 Å². The number of halogens is 3. The zero-order valence-corrected chi connectivity index (χ0v) is 10.5. The van der Waals surface area contributed by atoms with E-state index in [1.807, 2.05) is 12.1 Å². The monoisotopic (exact) mass is 250 g/mol.